The number of aliphatic hydroxyl groups is 1. The molecule has 0 aromatic heterocycles. The van der Waals surface area contributed by atoms with Crippen LogP contribution < -0.4 is 0 Å². The van der Waals surface area contributed by atoms with Gasteiger partial charge in [-0.15, -0.1) is 0 Å². The minimum atomic E-state index is -0.448. The van der Waals surface area contributed by atoms with E-state index in [4.69, 9.17) is 0 Å². The van der Waals surface area contributed by atoms with Gasteiger partial charge in [-0.3, -0.25) is 0 Å². The lowest BCUT2D eigenvalue weighted by atomic mass is 9.73. The third-order valence-electron chi connectivity index (χ3n) is 9.74. The summed E-state index contributed by atoms with van der Waals surface area (Å²) in [5, 5.41) is 10.6. The Morgan fingerprint density at radius 3 is 2.20 bits per heavy atom. The van der Waals surface area contributed by atoms with E-state index in [-0.39, 0.29) is 14.6 Å². The Bertz CT molecular complexity index is 787. The standard InChI is InChI=1S/C32H49FOSi/c1-2-3-4-21-35-22-19-30(20-23-35)28-12-7-26(8-13-28)24-32(34)18-9-25-5-10-27(11-6-25)29-14-16-31(33)17-15-29/h14-17,25-28,30,32,34-35H,2-8,10-13,19-24H2,1H3/t25-,26-,27-,28-,30-,32?,35-. The summed E-state index contributed by atoms with van der Waals surface area (Å²) in [4.78, 5) is 0. The molecule has 1 saturated heterocycles. The summed E-state index contributed by atoms with van der Waals surface area (Å²) in [7, 11) is -0.387. The van der Waals surface area contributed by atoms with Crippen molar-refractivity contribution >= 4 is 8.80 Å². The first kappa shape index (κ1) is 26.9. The van der Waals surface area contributed by atoms with Gasteiger partial charge in [0, 0.05) is 14.7 Å². The summed E-state index contributed by atoms with van der Waals surface area (Å²) >= 11 is 0. The molecule has 0 amide bonds. The summed E-state index contributed by atoms with van der Waals surface area (Å²) < 4.78 is 13.2. The number of hydrogen-bond acceptors (Lipinski definition) is 1. The van der Waals surface area contributed by atoms with Gasteiger partial charge in [-0.1, -0.05) is 94.0 Å². The van der Waals surface area contributed by atoms with Crippen LogP contribution in [0.4, 0.5) is 4.39 Å². The summed E-state index contributed by atoms with van der Waals surface area (Å²) in [5.74, 6) is 10.1. The van der Waals surface area contributed by atoms with Gasteiger partial charge >= 0.3 is 0 Å². The maximum absolute atomic E-state index is 13.2. The van der Waals surface area contributed by atoms with Crippen molar-refractivity contribution < 1.29 is 9.50 Å². The molecule has 3 aliphatic rings. The summed E-state index contributed by atoms with van der Waals surface area (Å²) in [6.07, 6.45) is 17.7. The Labute approximate surface area is 216 Å². The molecule has 194 valence electrons. The summed E-state index contributed by atoms with van der Waals surface area (Å²) in [5.41, 5.74) is 1.26. The van der Waals surface area contributed by atoms with Crippen LogP contribution in [0.5, 0.6) is 0 Å². The zero-order chi connectivity index (χ0) is 24.5. The molecule has 1 aromatic carbocycles. The van der Waals surface area contributed by atoms with Crippen molar-refractivity contribution in [1.82, 2.24) is 0 Å². The molecule has 1 nitrogen and oxygen atoms in total. The van der Waals surface area contributed by atoms with E-state index in [0.717, 1.165) is 43.9 Å². The van der Waals surface area contributed by atoms with Crippen LogP contribution in [-0.2, 0) is 0 Å². The minimum absolute atomic E-state index is 0.155. The second kappa shape index (κ2) is 14.0. The van der Waals surface area contributed by atoms with Crippen molar-refractivity contribution in [2.45, 2.75) is 127 Å². The molecule has 2 aliphatic carbocycles. The molecule has 3 heteroatoms. The normalized spacial score (nSPS) is 32.4. The second-order valence-corrected chi connectivity index (χ2v) is 15.7. The van der Waals surface area contributed by atoms with Gasteiger partial charge in [-0.2, -0.15) is 0 Å². The van der Waals surface area contributed by atoms with Gasteiger partial charge in [0.25, 0.3) is 0 Å². The molecular formula is C32H49FOSi. The predicted molar refractivity (Wildman–Crippen MR) is 149 cm³/mol. The first-order chi connectivity index (χ1) is 17.1. The highest BCUT2D eigenvalue weighted by molar-refractivity contribution is 6.58. The number of unbranched alkanes of at least 4 members (excludes halogenated alkanes) is 2. The van der Waals surface area contributed by atoms with Crippen molar-refractivity contribution in [3.05, 3.63) is 35.6 Å². The topological polar surface area (TPSA) is 20.2 Å². The van der Waals surface area contributed by atoms with E-state index in [9.17, 15) is 9.50 Å². The lowest BCUT2D eigenvalue weighted by molar-refractivity contribution is 0.142. The zero-order valence-corrected chi connectivity index (χ0v) is 23.4. The molecule has 0 bridgehead atoms. The lowest BCUT2D eigenvalue weighted by Gasteiger charge is -2.37. The molecule has 3 fully saturated rings. The Morgan fingerprint density at radius 1 is 0.886 bits per heavy atom. The maximum Gasteiger partial charge on any atom is 0.123 e. The van der Waals surface area contributed by atoms with Crippen LogP contribution in [0, 0.1) is 41.3 Å². The van der Waals surface area contributed by atoms with E-state index in [2.05, 4.69) is 18.8 Å². The smallest absolute Gasteiger partial charge is 0.123 e. The van der Waals surface area contributed by atoms with Crippen LogP contribution in [0.3, 0.4) is 0 Å². The first-order valence-corrected chi connectivity index (χ1v) is 17.5. The Morgan fingerprint density at radius 2 is 1.54 bits per heavy atom. The van der Waals surface area contributed by atoms with Crippen molar-refractivity contribution in [1.29, 1.82) is 0 Å². The van der Waals surface area contributed by atoms with Crippen LogP contribution in [0.25, 0.3) is 0 Å². The third kappa shape index (κ3) is 8.46. The predicted octanol–water partition coefficient (Wildman–Crippen LogP) is 8.49. The molecule has 0 spiro atoms. The number of hydrogen-bond donors (Lipinski definition) is 1. The number of aliphatic hydroxyl groups excluding tert-OH is 1. The average Bonchev–Trinajstić information content (AvgIpc) is 2.89. The fraction of sp³-hybridized carbons (Fsp3) is 0.750. The lowest BCUT2D eigenvalue weighted by Crippen LogP contribution is -2.29. The molecule has 4 rings (SSSR count). The van der Waals surface area contributed by atoms with Crippen molar-refractivity contribution in [3.63, 3.8) is 0 Å². The fourth-order valence-corrected chi connectivity index (χ4v) is 11.0. The highest BCUT2D eigenvalue weighted by Gasteiger charge is 2.31. The Balaban J connectivity index is 1.11. The van der Waals surface area contributed by atoms with Crippen molar-refractivity contribution in [2.75, 3.05) is 0 Å². The fourth-order valence-electron chi connectivity index (χ4n) is 7.42. The van der Waals surface area contributed by atoms with E-state index < -0.39 is 6.10 Å². The van der Waals surface area contributed by atoms with Gasteiger partial charge in [0.2, 0.25) is 0 Å². The maximum atomic E-state index is 13.2. The molecule has 1 unspecified atom stereocenters. The quantitative estimate of drug-likeness (QED) is 0.217. The van der Waals surface area contributed by atoms with Crippen LogP contribution in [0.2, 0.25) is 18.1 Å². The summed E-state index contributed by atoms with van der Waals surface area (Å²) in [6, 6.07) is 11.9. The molecule has 1 heterocycles. The zero-order valence-electron chi connectivity index (χ0n) is 22.2. The monoisotopic (exact) mass is 496 g/mol. The highest BCUT2D eigenvalue weighted by Crippen LogP contribution is 2.42. The van der Waals surface area contributed by atoms with Crippen LogP contribution in [0.1, 0.15) is 108 Å². The van der Waals surface area contributed by atoms with E-state index in [1.807, 2.05) is 12.1 Å². The van der Waals surface area contributed by atoms with Gasteiger partial charge in [0.1, 0.15) is 11.9 Å². The van der Waals surface area contributed by atoms with Crippen LogP contribution in [-0.4, -0.2) is 20.0 Å². The third-order valence-corrected chi connectivity index (χ3v) is 13.3. The largest absolute Gasteiger partial charge is 0.380 e. The van der Waals surface area contributed by atoms with Gasteiger partial charge in [-0.05, 0) is 86.3 Å². The Hall–Kier alpha value is -1.11. The SMILES string of the molecule is CCCCC[Si@H]1CC[C@H]([C@H]2CC[C@H](CC(O)C#C[C@H]3CC[C@H](c4ccc(F)cc4)CC3)CC2)CC1. The minimum Gasteiger partial charge on any atom is -0.380 e. The number of halogens is 1. The average molecular weight is 497 g/mol. The van der Waals surface area contributed by atoms with Gasteiger partial charge < -0.3 is 5.11 Å². The number of benzene rings is 1. The molecule has 1 aliphatic heterocycles. The summed E-state index contributed by atoms with van der Waals surface area (Å²) in [6.45, 7) is 2.32. The molecule has 35 heavy (non-hydrogen) atoms. The molecule has 1 atom stereocenters. The molecular weight excluding hydrogens is 447 g/mol. The molecule has 0 radical (unpaired) electrons. The second-order valence-electron chi connectivity index (χ2n) is 12.2. The van der Waals surface area contributed by atoms with Crippen molar-refractivity contribution in [3.8, 4) is 11.8 Å². The van der Waals surface area contributed by atoms with E-state index >= 15 is 0 Å². The molecule has 1 N–H and O–H groups in total. The van der Waals surface area contributed by atoms with Crippen molar-refractivity contribution in [2.24, 2.45) is 23.7 Å². The van der Waals surface area contributed by atoms with E-state index in [1.54, 1.807) is 30.3 Å². The first-order valence-electron chi connectivity index (χ1n) is 15.0. The molecule has 1 aromatic rings. The Kier molecular flexibility index (Phi) is 10.8. The van der Waals surface area contributed by atoms with Gasteiger partial charge in [0.15, 0.2) is 0 Å². The molecule has 2 saturated carbocycles. The van der Waals surface area contributed by atoms with Crippen LogP contribution in [0.15, 0.2) is 24.3 Å². The van der Waals surface area contributed by atoms with Gasteiger partial charge in [0.05, 0.1) is 0 Å². The van der Waals surface area contributed by atoms with E-state index in [1.165, 1.54) is 63.4 Å². The number of rotatable bonds is 8. The highest BCUT2D eigenvalue weighted by atomic mass is 28.3. The van der Waals surface area contributed by atoms with E-state index in [0.29, 0.717) is 17.8 Å². The van der Waals surface area contributed by atoms with Crippen LogP contribution >= 0.6 is 0 Å². The van der Waals surface area contributed by atoms with Gasteiger partial charge in [-0.25, -0.2) is 4.39 Å².